The Balaban J connectivity index is 2.03. The predicted molar refractivity (Wildman–Crippen MR) is 44.5 cm³/mol. The van der Waals surface area contributed by atoms with E-state index in [1.54, 1.807) is 0 Å². The number of halogens is 3. The SMILES string of the molecule is NC1CN(CCCCC(F)(F)F)C1=O. The molecular formula is C8H13F3N2O. The summed E-state index contributed by atoms with van der Waals surface area (Å²) in [6, 6.07) is -0.433. The fourth-order valence-corrected chi connectivity index (χ4v) is 1.36. The first-order chi connectivity index (χ1) is 6.40. The Hall–Kier alpha value is -0.780. The van der Waals surface area contributed by atoms with Crippen LogP contribution >= 0.6 is 0 Å². The van der Waals surface area contributed by atoms with Crippen LogP contribution in [0, 0.1) is 0 Å². The van der Waals surface area contributed by atoms with E-state index in [0.717, 1.165) is 0 Å². The molecule has 1 aliphatic heterocycles. The van der Waals surface area contributed by atoms with Crippen molar-refractivity contribution in [2.75, 3.05) is 13.1 Å². The van der Waals surface area contributed by atoms with Crippen LogP contribution in [0.15, 0.2) is 0 Å². The number of hydrogen-bond donors (Lipinski definition) is 1. The number of rotatable bonds is 4. The molecule has 1 unspecified atom stereocenters. The van der Waals surface area contributed by atoms with Crippen molar-refractivity contribution >= 4 is 5.91 Å². The number of nitrogens with zero attached hydrogens (tertiary/aromatic N) is 1. The Morgan fingerprint density at radius 2 is 2.07 bits per heavy atom. The summed E-state index contributed by atoms with van der Waals surface area (Å²) in [6.07, 6.45) is -4.41. The summed E-state index contributed by atoms with van der Waals surface area (Å²) in [5, 5.41) is 0. The largest absolute Gasteiger partial charge is 0.389 e. The zero-order chi connectivity index (χ0) is 10.8. The average molecular weight is 210 g/mol. The fourth-order valence-electron chi connectivity index (χ4n) is 1.36. The number of β-lactam (4-membered cyclic amide) rings is 1. The van der Waals surface area contributed by atoms with Crippen molar-refractivity contribution in [3.8, 4) is 0 Å². The molecule has 0 aromatic carbocycles. The number of nitrogens with two attached hydrogens (primary N) is 1. The summed E-state index contributed by atoms with van der Waals surface area (Å²) >= 11 is 0. The molecule has 1 aliphatic rings. The molecule has 6 heteroatoms. The maximum atomic E-state index is 11.7. The molecule has 0 bridgehead atoms. The van der Waals surface area contributed by atoms with Crippen molar-refractivity contribution in [1.29, 1.82) is 0 Å². The van der Waals surface area contributed by atoms with Crippen LogP contribution in [0.1, 0.15) is 19.3 Å². The van der Waals surface area contributed by atoms with Crippen LogP contribution in [0.2, 0.25) is 0 Å². The molecule has 1 heterocycles. The van der Waals surface area contributed by atoms with Gasteiger partial charge in [-0.15, -0.1) is 0 Å². The predicted octanol–water partition coefficient (Wildman–Crippen LogP) is 0.888. The standard InChI is InChI=1S/C8H13F3N2O/c9-8(10,11)3-1-2-4-13-5-6(12)7(13)14/h6H,1-5,12H2. The molecule has 1 rings (SSSR count). The van der Waals surface area contributed by atoms with Crippen molar-refractivity contribution in [1.82, 2.24) is 4.90 Å². The van der Waals surface area contributed by atoms with Crippen LogP contribution in [-0.4, -0.2) is 36.1 Å². The fraction of sp³-hybridized carbons (Fsp3) is 0.875. The van der Waals surface area contributed by atoms with Crippen molar-refractivity contribution in [2.45, 2.75) is 31.5 Å². The minimum atomic E-state index is -4.09. The third-order valence-corrected chi connectivity index (χ3v) is 2.18. The normalized spacial score (nSPS) is 22.4. The number of hydrogen-bond acceptors (Lipinski definition) is 2. The highest BCUT2D eigenvalue weighted by molar-refractivity contribution is 5.87. The van der Waals surface area contributed by atoms with Crippen molar-refractivity contribution in [2.24, 2.45) is 5.73 Å². The zero-order valence-electron chi connectivity index (χ0n) is 7.68. The maximum absolute atomic E-state index is 11.7. The Morgan fingerprint density at radius 3 is 2.50 bits per heavy atom. The number of likely N-dealkylation sites (tertiary alicyclic amines) is 1. The Kier molecular flexibility index (Phi) is 3.36. The van der Waals surface area contributed by atoms with Crippen LogP contribution in [-0.2, 0) is 4.79 Å². The highest BCUT2D eigenvalue weighted by Gasteiger charge is 2.33. The molecule has 0 aromatic heterocycles. The van der Waals surface area contributed by atoms with Gasteiger partial charge >= 0.3 is 6.18 Å². The van der Waals surface area contributed by atoms with Crippen LogP contribution in [0.25, 0.3) is 0 Å². The van der Waals surface area contributed by atoms with Gasteiger partial charge in [0.25, 0.3) is 0 Å². The summed E-state index contributed by atoms with van der Waals surface area (Å²) in [4.78, 5) is 12.4. The molecule has 82 valence electrons. The van der Waals surface area contributed by atoms with Crippen LogP contribution in [0.4, 0.5) is 13.2 Å². The summed E-state index contributed by atoms with van der Waals surface area (Å²) in [6.45, 7) is 0.869. The molecular weight excluding hydrogens is 197 g/mol. The summed E-state index contributed by atoms with van der Waals surface area (Å²) in [5.74, 6) is -0.156. The van der Waals surface area contributed by atoms with Gasteiger partial charge in [0.05, 0.1) is 0 Å². The molecule has 2 N–H and O–H groups in total. The highest BCUT2D eigenvalue weighted by atomic mass is 19.4. The van der Waals surface area contributed by atoms with Gasteiger partial charge in [0.1, 0.15) is 6.04 Å². The van der Waals surface area contributed by atoms with E-state index < -0.39 is 18.6 Å². The number of unbranched alkanes of at least 4 members (excludes halogenated alkanes) is 1. The molecule has 3 nitrogen and oxygen atoms in total. The maximum Gasteiger partial charge on any atom is 0.389 e. The van der Waals surface area contributed by atoms with Gasteiger partial charge in [-0.25, -0.2) is 0 Å². The van der Waals surface area contributed by atoms with E-state index in [9.17, 15) is 18.0 Å². The van der Waals surface area contributed by atoms with E-state index in [0.29, 0.717) is 19.5 Å². The van der Waals surface area contributed by atoms with E-state index in [1.807, 2.05) is 0 Å². The lowest BCUT2D eigenvalue weighted by atomic mass is 10.1. The van der Waals surface area contributed by atoms with E-state index in [2.05, 4.69) is 0 Å². The summed E-state index contributed by atoms with van der Waals surface area (Å²) in [7, 11) is 0. The first-order valence-electron chi connectivity index (χ1n) is 4.51. The molecule has 0 aliphatic carbocycles. The lowest BCUT2D eigenvalue weighted by Crippen LogP contribution is -2.60. The Morgan fingerprint density at radius 1 is 1.43 bits per heavy atom. The van der Waals surface area contributed by atoms with Crippen molar-refractivity contribution in [3.05, 3.63) is 0 Å². The molecule has 0 saturated carbocycles. The summed E-state index contributed by atoms with van der Waals surface area (Å²) in [5.41, 5.74) is 5.31. The quantitative estimate of drug-likeness (QED) is 0.553. The monoisotopic (exact) mass is 210 g/mol. The molecule has 0 radical (unpaired) electrons. The van der Waals surface area contributed by atoms with Gasteiger partial charge in [0, 0.05) is 19.5 Å². The molecule has 1 amide bonds. The molecule has 1 fully saturated rings. The van der Waals surface area contributed by atoms with E-state index >= 15 is 0 Å². The van der Waals surface area contributed by atoms with E-state index in [4.69, 9.17) is 5.73 Å². The minimum Gasteiger partial charge on any atom is -0.339 e. The number of amides is 1. The lowest BCUT2D eigenvalue weighted by Gasteiger charge is -2.36. The molecule has 1 saturated heterocycles. The van der Waals surface area contributed by atoms with Gasteiger partial charge in [-0.1, -0.05) is 0 Å². The Bertz CT molecular complexity index is 217. The second-order valence-corrected chi connectivity index (χ2v) is 3.46. The zero-order valence-corrected chi connectivity index (χ0v) is 7.68. The molecule has 1 atom stereocenters. The van der Waals surface area contributed by atoms with Crippen LogP contribution in [0.5, 0.6) is 0 Å². The third-order valence-electron chi connectivity index (χ3n) is 2.18. The van der Waals surface area contributed by atoms with Gasteiger partial charge in [0.2, 0.25) is 5.91 Å². The number of carbonyl (C=O) groups excluding carboxylic acids is 1. The first-order valence-corrected chi connectivity index (χ1v) is 4.51. The van der Waals surface area contributed by atoms with Crippen LogP contribution < -0.4 is 5.73 Å². The summed E-state index contributed by atoms with van der Waals surface area (Å²) < 4.78 is 35.1. The highest BCUT2D eigenvalue weighted by Crippen LogP contribution is 2.22. The van der Waals surface area contributed by atoms with Crippen molar-refractivity contribution in [3.63, 3.8) is 0 Å². The van der Waals surface area contributed by atoms with Crippen molar-refractivity contribution < 1.29 is 18.0 Å². The minimum absolute atomic E-state index is 0.0719. The van der Waals surface area contributed by atoms with E-state index in [-0.39, 0.29) is 12.3 Å². The topological polar surface area (TPSA) is 46.3 Å². The van der Waals surface area contributed by atoms with Crippen LogP contribution in [0.3, 0.4) is 0 Å². The smallest absolute Gasteiger partial charge is 0.339 e. The second kappa shape index (κ2) is 4.16. The third kappa shape index (κ3) is 3.17. The number of alkyl halides is 3. The Labute approximate surface area is 80.0 Å². The van der Waals surface area contributed by atoms with Gasteiger partial charge in [-0.2, -0.15) is 13.2 Å². The van der Waals surface area contributed by atoms with Gasteiger partial charge in [-0.05, 0) is 12.8 Å². The van der Waals surface area contributed by atoms with E-state index in [1.165, 1.54) is 4.90 Å². The molecule has 14 heavy (non-hydrogen) atoms. The molecule has 0 spiro atoms. The van der Waals surface area contributed by atoms with Gasteiger partial charge in [-0.3, -0.25) is 4.79 Å². The number of carbonyl (C=O) groups is 1. The average Bonchev–Trinajstić information content (AvgIpc) is 2.08. The van der Waals surface area contributed by atoms with Gasteiger partial charge < -0.3 is 10.6 Å². The first kappa shape index (κ1) is 11.3. The molecule has 0 aromatic rings. The van der Waals surface area contributed by atoms with Gasteiger partial charge in [0.15, 0.2) is 0 Å². The lowest BCUT2D eigenvalue weighted by molar-refractivity contribution is -0.143. The second-order valence-electron chi connectivity index (χ2n) is 3.46.